The highest BCUT2D eigenvalue weighted by atomic mass is 35.5. The number of rotatable bonds is 7. The maximum Gasteiger partial charge on any atom is 0.110 e. The first-order chi connectivity index (χ1) is 18.8. The lowest BCUT2D eigenvalue weighted by atomic mass is 9.96. The first kappa shape index (κ1) is 25.1. The Balaban J connectivity index is 1.47. The molecule has 0 amide bonds. The fourth-order valence-electron chi connectivity index (χ4n) is 4.77. The van der Waals surface area contributed by atoms with Crippen LogP contribution in [0.15, 0.2) is 61.1 Å². The summed E-state index contributed by atoms with van der Waals surface area (Å²) in [6.45, 7) is 7.13. The molecule has 1 aliphatic rings. The van der Waals surface area contributed by atoms with Crippen molar-refractivity contribution in [1.29, 1.82) is 5.26 Å². The van der Waals surface area contributed by atoms with Crippen LogP contribution in [0, 0.1) is 16.7 Å². The molecule has 0 saturated heterocycles. The van der Waals surface area contributed by atoms with E-state index in [0.717, 1.165) is 51.8 Å². The number of aromatic nitrogens is 5. The molecule has 1 saturated carbocycles. The molecule has 1 aliphatic carbocycles. The molecule has 2 aromatic carbocycles. The first-order valence-electron chi connectivity index (χ1n) is 13.1. The summed E-state index contributed by atoms with van der Waals surface area (Å²) >= 11 is 6.79. The third-order valence-corrected chi connectivity index (χ3v) is 7.18. The Morgan fingerprint density at radius 2 is 1.97 bits per heavy atom. The van der Waals surface area contributed by atoms with Crippen molar-refractivity contribution in [2.45, 2.75) is 45.7 Å². The van der Waals surface area contributed by atoms with Crippen LogP contribution in [0.4, 0.5) is 11.4 Å². The van der Waals surface area contributed by atoms with Crippen LogP contribution >= 0.6 is 11.6 Å². The lowest BCUT2D eigenvalue weighted by Gasteiger charge is -2.23. The van der Waals surface area contributed by atoms with Crippen molar-refractivity contribution in [3.05, 3.63) is 82.9 Å². The van der Waals surface area contributed by atoms with Gasteiger partial charge in [-0.3, -0.25) is 9.97 Å². The third kappa shape index (κ3) is 5.10. The minimum Gasteiger partial charge on any atom is -0.383 e. The predicted octanol–water partition coefficient (Wildman–Crippen LogP) is 6.89. The summed E-state index contributed by atoms with van der Waals surface area (Å²) in [6, 6.07) is 16.4. The zero-order valence-electron chi connectivity index (χ0n) is 22.1. The molecular formula is C30H29ClN8. The van der Waals surface area contributed by atoms with Crippen molar-refractivity contribution in [2.75, 3.05) is 17.2 Å². The van der Waals surface area contributed by atoms with Gasteiger partial charge in [-0.2, -0.15) is 5.26 Å². The SMILES string of the molecule is CC(C)(C)CNc1c(C#N)cnc2c(Cl)cc(NC(c3cn(C4CC4)nn3)c3cccc4ncccc34)cc12. The molecule has 6 rings (SSSR count). The number of benzene rings is 2. The van der Waals surface area contributed by atoms with Crippen molar-refractivity contribution in [1.82, 2.24) is 25.0 Å². The Morgan fingerprint density at radius 1 is 1.13 bits per heavy atom. The Hall–Kier alpha value is -4.22. The monoisotopic (exact) mass is 536 g/mol. The summed E-state index contributed by atoms with van der Waals surface area (Å²) in [6.07, 6.45) is 7.65. The van der Waals surface area contributed by atoms with Crippen molar-refractivity contribution < 1.29 is 0 Å². The molecule has 0 aliphatic heterocycles. The Labute approximate surface area is 232 Å². The van der Waals surface area contributed by atoms with Crippen molar-refractivity contribution in [2.24, 2.45) is 5.41 Å². The minimum atomic E-state index is -0.308. The molecule has 3 aromatic heterocycles. The van der Waals surface area contributed by atoms with Gasteiger partial charge in [0, 0.05) is 35.4 Å². The summed E-state index contributed by atoms with van der Waals surface area (Å²) in [4.78, 5) is 9.06. The number of anilines is 2. The molecule has 1 fully saturated rings. The molecule has 196 valence electrons. The number of halogens is 1. The van der Waals surface area contributed by atoms with Gasteiger partial charge >= 0.3 is 0 Å². The summed E-state index contributed by atoms with van der Waals surface area (Å²) in [7, 11) is 0. The van der Waals surface area contributed by atoms with Gasteiger partial charge in [-0.05, 0) is 48.1 Å². The number of hydrogen-bond donors (Lipinski definition) is 2. The van der Waals surface area contributed by atoms with Gasteiger partial charge < -0.3 is 10.6 Å². The highest BCUT2D eigenvalue weighted by Crippen LogP contribution is 2.38. The second kappa shape index (κ2) is 9.83. The molecule has 2 N–H and O–H groups in total. The number of fused-ring (bicyclic) bond motifs is 2. The van der Waals surface area contributed by atoms with E-state index in [1.807, 2.05) is 41.2 Å². The average molecular weight is 537 g/mol. The molecule has 1 unspecified atom stereocenters. The van der Waals surface area contributed by atoms with Gasteiger partial charge in [0.05, 0.1) is 45.6 Å². The topological polar surface area (TPSA) is 104 Å². The molecule has 39 heavy (non-hydrogen) atoms. The molecule has 9 heteroatoms. The molecule has 5 aromatic rings. The average Bonchev–Trinajstić information content (AvgIpc) is 3.66. The molecular weight excluding hydrogens is 508 g/mol. The van der Waals surface area contributed by atoms with E-state index < -0.39 is 0 Å². The fourth-order valence-corrected chi connectivity index (χ4v) is 5.04. The fraction of sp³-hybridized carbons (Fsp3) is 0.300. The lowest BCUT2D eigenvalue weighted by molar-refractivity contribution is 0.443. The van der Waals surface area contributed by atoms with Crippen LogP contribution in [0.2, 0.25) is 5.02 Å². The number of hydrogen-bond acceptors (Lipinski definition) is 7. The van der Waals surface area contributed by atoms with Crippen molar-refractivity contribution >= 4 is 44.8 Å². The van der Waals surface area contributed by atoms with Gasteiger partial charge in [-0.25, -0.2) is 4.68 Å². The number of nitrogens with one attached hydrogen (secondary N) is 2. The molecule has 0 spiro atoms. The van der Waals surface area contributed by atoms with Crippen molar-refractivity contribution in [3.8, 4) is 6.07 Å². The molecule has 8 nitrogen and oxygen atoms in total. The zero-order valence-corrected chi connectivity index (χ0v) is 22.9. The Bertz CT molecular complexity index is 1720. The van der Waals surface area contributed by atoms with E-state index in [9.17, 15) is 5.26 Å². The molecule has 1 atom stereocenters. The van der Waals surface area contributed by atoms with Gasteiger partial charge in [-0.15, -0.1) is 5.10 Å². The summed E-state index contributed by atoms with van der Waals surface area (Å²) in [5.74, 6) is 0. The number of pyridine rings is 2. The van der Waals surface area contributed by atoms with Crippen LogP contribution in [-0.2, 0) is 0 Å². The van der Waals surface area contributed by atoms with E-state index in [4.69, 9.17) is 11.6 Å². The molecule has 3 heterocycles. The second-order valence-corrected chi connectivity index (χ2v) is 11.7. The Morgan fingerprint density at radius 3 is 2.74 bits per heavy atom. The van der Waals surface area contributed by atoms with Crippen LogP contribution in [-0.4, -0.2) is 31.5 Å². The normalized spacial score (nSPS) is 14.3. The Kier molecular flexibility index (Phi) is 6.32. The second-order valence-electron chi connectivity index (χ2n) is 11.3. The largest absolute Gasteiger partial charge is 0.383 e. The van der Waals surface area contributed by atoms with E-state index in [-0.39, 0.29) is 11.5 Å². The van der Waals surface area contributed by atoms with E-state index in [2.05, 4.69) is 69.9 Å². The van der Waals surface area contributed by atoms with Gasteiger partial charge in [0.2, 0.25) is 0 Å². The van der Waals surface area contributed by atoms with E-state index >= 15 is 0 Å². The lowest BCUT2D eigenvalue weighted by Crippen LogP contribution is -2.20. The van der Waals surface area contributed by atoms with Crippen LogP contribution in [0.25, 0.3) is 21.8 Å². The smallest absolute Gasteiger partial charge is 0.110 e. The quantitative estimate of drug-likeness (QED) is 0.233. The predicted molar refractivity (Wildman–Crippen MR) is 155 cm³/mol. The van der Waals surface area contributed by atoms with Gasteiger partial charge in [0.1, 0.15) is 11.8 Å². The standard InChI is InChI=1S/C30H29ClN8/c1-30(2,3)17-35-27-18(14-32)15-34-28-23(27)12-19(13-24(28)31)36-29(26-16-39(38-37-26)20-9-10-20)22-6-4-8-25-21(22)7-5-11-33-25/h4-8,11-13,15-16,20,29,36H,9-10,17H2,1-3H3,(H,34,35). The van der Waals surface area contributed by atoms with Crippen LogP contribution in [0.3, 0.4) is 0 Å². The summed E-state index contributed by atoms with van der Waals surface area (Å²) < 4.78 is 1.96. The highest BCUT2D eigenvalue weighted by molar-refractivity contribution is 6.35. The first-order valence-corrected chi connectivity index (χ1v) is 13.5. The van der Waals surface area contributed by atoms with Gasteiger partial charge in [0.15, 0.2) is 0 Å². The van der Waals surface area contributed by atoms with Crippen molar-refractivity contribution in [3.63, 3.8) is 0 Å². The number of nitrogens with zero attached hydrogens (tertiary/aromatic N) is 6. The molecule has 0 bridgehead atoms. The summed E-state index contributed by atoms with van der Waals surface area (Å²) in [5, 5.41) is 28.3. The maximum absolute atomic E-state index is 9.84. The molecule has 0 radical (unpaired) electrons. The van der Waals surface area contributed by atoms with Crippen LogP contribution in [0.1, 0.15) is 62.5 Å². The van der Waals surface area contributed by atoms with Gasteiger partial charge in [-0.1, -0.05) is 55.8 Å². The maximum atomic E-state index is 9.84. The van der Waals surface area contributed by atoms with Crippen LogP contribution in [0.5, 0.6) is 0 Å². The summed E-state index contributed by atoms with van der Waals surface area (Å²) in [5.41, 5.74) is 5.41. The van der Waals surface area contributed by atoms with Crippen LogP contribution < -0.4 is 10.6 Å². The zero-order chi connectivity index (χ0) is 27.1. The van der Waals surface area contributed by atoms with Gasteiger partial charge in [0.25, 0.3) is 0 Å². The minimum absolute atomic E-state index is 0.0167. The van der Waals surface area contributed by atoms with E-state index in [1.54, 1.807) is 12.4 Å². The van der Waals surface area contributed by atoms with E-state index in [0.29, 0.717) is 28.7 Å². The number of nitriles is 1. The van der Waals surface area contributed by atoms with E-state index in [1.165, 1.54) is 0 Å². The third-order valence-electron chi connectivity index (χ3n) is 6.89. The highest BCUT2D eigenvalue weighted by Gasteiger charge is 2.28.